The predicted molar refractivity (Wildman–Crippen MR) is 155 cm³/mol. The normalized spacial score (nSPS) is 30.5. The second-order valence-electron chi connectivity index (χ2n) is 13.1. The van der Waals surface area contributed by atoms with Crippen LogP contribution in [0.15, 0.2) is 58.6 Å². The Morgan fingerprint density at radius 1 is 1.00 bits per heavy atom. The smallest absolute Gasteiger partial charge is 0.264 e. The standard InChI is InChI=1S/C33H45NO3S/c1-22(2)9-8-10-24(4)30-17-18-31-29-21-32(34-37-38(35,36)25-15-13-23(3)14-16-25)28-12-7-6-11-26(28)27(29)19-20-33(30,31)5/h6-7,11-16,22,24,27,29-31H,8-10,17-21H2,1-5H3. The van der Waals surface area contributed by atoms with E-state index in [0.29, 0.717) is 23.2 Å². The highest BCUT2D eigenvalue weighted by Gasteiger charge is 2.56. The number of fused-ring (bicyclic) bond motifs is 5. The van der Waals surface area contributed by atoms with E-state index >= 15 is 0 Å². The fourth-order valence-corrected chi connectivity index (χ4v) is 9.07. The van der Waals surface area contributed by atoms with Crippen molar-refractivity contribution in [3.63, 3.8) is 0 Å². The first-order valence-corrected chi connectivity index (χ1v) is 16.2. The fraction of sp³-hybridized carbons (Fsp3) is 0.606. The number of rotatable bonds is 8. The summed E-state index contributed by atoms with van der Waals surface area (Å²) in [4.78, 5) is 0.143. The minimum atomic E-state index is -3.96. The second-order valence-corrected chi connectivity index (χ2v) is 14.6. The van der Waals surface area contributed by atoms with E-state index in [9.17, 15) is 8.42 Å². The first kappa shape index (κ1) is 27.4. The van der Waals surface area contributed by atoms with E-state index < -0.39 is 10.1 Å². The van der Waals surface area contributed by atoms with Crippen LogP contribution in [0.3, 0.4) is 0 Å². The molecule has 6 unspecified atom stereocenters. The highest BCUT2D eigenvalue weighted by atomic mass is 32.2. The molecule has 0 N–H and O–H groups in total. The molecule has 0 heterocycles. The van der Waals surface area contributed by atoms with Crippen molar-refractivity contribution in [1.29, 1.82) is 0 Å². The summed E-state index contributed by atoms with van der Waals surface area (Å²) in [6, 6.07) is 15.2. The molecule has 5 rings (SSSR count). The lowest BCUT2D eigenvalue weighted by molar-refractivity contribution is 0.0170. The lowest BCUT2D eigenvalue weighted by atomic mass is 9.53. The van der Waals surface area contributed by atoms with Crippen molar-refractivity contribution in [2.24, 2.45) is 40.2 Å². The maximum atomic E-state index is 12.9. The Morgan fingerprint density at radius 2 is 1.74 bits per heavy atom. The molecule has 5 heteroatoms. The van der Waals surface area contributed by atoms with Gasteiger partial charge in [0.2, 0.25) is 0 Å². The molecule has 0 spiro atoms. The van der Waals surface area contributed by atoms with Gasteiger partial charge in [-0.3, -0.25) is 4.28 Å². The molecule has 206 valence electrons. The van der Waals surface area contributed by atoms with Crippen LogP contribution in [0.5, 0.6) is 0 Å². The van der Waals surface area contributed by atoms with E-state index in [4.69, 9.17) is 4.28 Å². The number of nitrogens with zero attached hydrogens (tertiary/aromatic N) is 1. The van der Waals surface area contributed by atoms with Crippen molar-refractivity contribution in [3.05, 3.63) is 65.2 Å². The van der Waals surface area contributed by atoms with Gasteiger partial charge in [0.25, 0.3) is 0 Å². The van der Waals surface area contributed by atoms with Crippen molar-refractivity contribution in [2.75, 3.05) is 0 Å². The van der Waals surface area contributed by atoms with Gasteiger partial charge in [0.05, 0.1) is 5.71 Å². The van der Waals surface area contributed by atoms with Crippen LogP contribution in [-0.4, -0.2) is 14.1 Å². The molecule has 2 fully saturated rings. The third kappa shape index (κ3) is 5.20. The second kappa shape index (κ2) is 10.8. The molecule has 0 saturated heterocycles. The molecule has 38 heavy (non-hydrogen) atoms. The van der Waals surface area contributed by atoms with Crippen molar-refractivity contribution in [2.45, 2.75) is 96.8 Å². The first-order chi connectivity index (χ1) is 18.1. The fourth-order valence-electron chi connectivity index (χ4n) is 8.33. The average Bonchev–Trinajstić information content (AvgIpc) is 3.25. The zero-order valence-corrected chi connectivity index (χ0v) is 24.6. The molecule has 2 aromatic rings. The first-order valence-electron chi connectivity index (χ1n) is 14.8. The summed E-state index contributed by atoms with van der Waals surface area (Å²) in [5, 5.41) is 4.36. The number of benzene rings is 2. The Hall–Kier alpha value is -2.14. The van der Waals surface area contributed by atoms with Crippen molar-refractivity contribution in [1.82, 2.24) is 0 Å². The maximum Gasteiger partial charge on any atom is 0.358 e. The Morgan fingerprint density at radius 3 is 2.47 bits per heavy atom. The van der Waals surface area contributed by atoms with Crippen LogP contribution in [0.2, 0.25) is 0 Å². The lowest BCUT2D eigenvalue weighted by Crippen LogP contribution is -2.44. The minimum Gasteiger partial charge on any atom is -0.264 e. The van der Waals surface area contributed by atoms with Crippen molar-refractivity contribution < 1.29 is 12.7 Å². The van der Waals surface area contributed by atoms with E-state index in [0.717, 1.165) is 41.0 Å². The molecule has 6 atom stereocenters. The van der Waals surface area contributed by atoms with Crippen LogP contribution in [0.4, 0.5) is 0 Å². The lowest BCUT2D eigenvalue weighted by Gasteiger charge is -2.52. The van der Waals surface area contributed by atoms with Crippen LogP contribution in [0.1, 0.15) is 102 Å². The molecular formula is C33H45NO3S. The Bertz CT molecular complexity index is 1270. The highest BCUT2D eigenvalue weighted by molar-refractivity contribution is 7.86. The van der Waals surface area contributed by atoms with E-state index in [1.807, 2.05) is 13.0 Å². The van der Waals surface area contributed by atoms with Crippen molar-refractivity contribution >= 4 is 15.8 Å². The zero-order chi connectivity index (χ0) is 27.1. The molecular weight excluding hydrogens is 490 g/mol. The van der Waals surface area contributed by atoms with E-state index in [2.05, 4.69) is 51.0 Å². The highest BCUT2D eigenvalue weighted by Crippen LogP contribution is 2.64. The van der Waals surface area contributed by atoms with Gasteiger partial charge in [-0.1, -0.05) is 94.1 Å². The molecule has 0 bridgehead atoms. The van der Waals surface area contributed by atoms with E-state index in [1.165, 1.54) is 50.5 Å². The molecule has 4 nitrogen and oxygen atoms in total. The minimum absolute atomic E-state index is 0.143. The van der Waals surface area contributed by atoms with Crippen LogP contribution in [0, 0.1) is 41.9 Å². The van der Waals surface area contributed by atoms with Gasteiger partial charge >= 0.3 is 10.1 Å². The van der Waals surface area contributed by atoms with Crippen LogP contribution < -0.4 is 0 Å². The SMILES string of the molecule is Cc1ccc(S(=O)(=O)ON=C2CC3C(CCC4(C)C(C(C)CCCC(C)C)CCC34)c3ccccc32)cc1. The van der Waals surface area contributed by atoms with Gasteiger partial charge in [-0.15, -0.1) is 0 Å². The third-order valence-electron chi connectivity index (χ3n) is 10.3. The molecule has 2 saturated carbocycles. The topological polar surface area (TPSA) is 55.7 Å². The number of hydrogen-bond acceptors (Lipinski definition) is 4. The largest absolute Gasteiger partial charge is 0.358 e. The van der Waals surface area contributed by atoms with Gasteiger partial charge in [-0.2, -0.15) is 8.42 Å². The molecule has 0 amide bonds. The third-order valence-corrected chi connectivity index (χ3v) is 11.4. The number of hydrogen-bond donors (Lipinski definition) is 0. The van der Waals surface area contributed by atoms with Gasteiger partial charge in [0.15, 0.2) is 0 Å². The van der Waals surface area contributed by atoms with Crippen LogP contribution in [0.25, 0.3) is 0 Å². The summed E-state index contributed by atoms with van der Waals surface area (Å²) < 4.78 is 31.2. The van der Waals surface area contributed by atoms with Gasteiger partial charge in [-0.05, 0) is 97.6 Å². The zero-order valence-electron chi connectivity index (χ0n) is 23.8. The van der Waals surface area contributed by atoms with Gasteiger partial charge in [0.1, 0.15) is 4.90 Å². The summed E-state index contributed by atoms with van der Waals surface area (Å²) >= 11 is 0. The summed E-state index contributed by atoms with van der Waals surface area (Å²) in [6.45, 7) is 11.7. The Balaban J connectivity index is 1.40. The summed E-state index contributed by atoms with van der Waals surface area (Å²) in [5.74, 6) is 3.96. The monoisotopic (exact) mass is 535 g/mol. The summed E-state index contributed by atoms with van der Waals surface area (Å²) in [7, 11) is -3.96. The van der Waals surface area contributed by atoms with Gasteiger partial charge in [0, 0.05) is 5.56 Å². The molecule has 3 aliphatic rings. The average molecular weight is 536 g/mol. The molecule has 0 aliphatic heterocycles. The van der Waals surface area contributed by atoms with E-state index in [-0.39, 0.29) is 4.90 Å². The maximum absolute atomic E-state index is 12.9. The quantitative estimate of drug-likeness (QED) is 0.318. The number of aryl methyl sites for hydroxylation is 1. The Kier molecular flexibility index (Phi) is 7.79. The van der Waals surface area contributed by atoms with Gasteiger partial charge < -0.3 is 0 Å². The molecule has 0 radical (unpaired) electrons. The summed E-state index contributed by atoms with van der Waals surface area (Å²) in [5.41, 5.74) is 4.54. The summed E-state index contributed by atoms with van der Waals surface area (Å²) in [6.07, 6.45) is 9.87. The Labute approximate surface area is 230 Å². The van der Waals surface area contributed by atoms with Crippen molar-refractivity contribution in [3.8, 4) is 0 Å². The van der Waals surface area contributed by atoms with Crippen LogP contribution >= 0.6 is 0 Å². The van der Waals surface area contributed by atoms with Gasteiger partial charge in [-0.25, -0.2) is 0 Å². The molecule has 2 aromatic carbocycles. The molecule has 0 aromatic heterocycles. The number of oxime groups is 1. The van der Waals surface area contributed by atoms with E-state index in [1.54, 1.807) is 24.3 Å². The van der Waals surface area contributed by atoms with Crippen LogP contribution in [-0.2, 0) is 14.4 Å². The predicted octanol–water partition coefficient (Wildman–Crippen LogP) is 8.50. The molecule has 3 aliphatic carbocycles.